The molecule has 4 nitrogen and oxygen atoms in total. The summed E-state index contributed by atoms with van der Waals surface area (Å²) in [7, 11) is 0. The quantitative estimate of drug-likeness (QED) is 0.867. The van der Waals surface area contributed by atoms with Crippen LogP contribution in [0.2, 0.25) is 0 Å². The van der Waals surface area contributed by atoms with E-state index in [1.54, 1.807) is 28.9 Å². The molecule has 23 heavy (non-hydrogen) atoms. The monoisotopic (exact) mass is 323 g/mol. The molecule has 1 aromatic carbocycles. The third-order valence-electron chi connectivity index (χ3n) is 3.10. The van der Waals surface area contributed by atoms with Gasteiger partial charge in [0.25, 0.3) is 5.78 Å². The summed E-state index contributed by atoms with van der Waals surface area (Å²) in [6.07, 6.45) is -4.34. The molecule has 0 radical (unpaired) electrons. The number of hydrogen-bond acceptors (Lipinski definition) is 3. The van der Waals surface area contributed by atoms with Gasteiger partial charge in [-0.3, -0.25) is 4.79 Å². The van der Waals surface area contributed by atoms with Crippen LogP contribution in [0.5, 0.6) is 0 Å². The number of halogens is 3. The topological polar surface area (TPSA) is 46.9 Å². The number of rotatable bonds is 4. The van der Waals surface area contributed by atoms with E-state index < -0.39 is 12.0 Å². The molecule has 1 N–H and O–H groups in total. The molecule has 0 atom stereocenters. The molecule has 0 aliphatic heterocycles. The number of aryl methyl sites for hydroxylation is 2. The number of anilines is 1. The zero-order valence-electron chi connectivity index (χ0n) is 12.9. The van der Waals surface area contributed by atoms with Gasteiger partial charge in [-0.05, 0) is 39.0 Å². The first-order valence-electron chi connectivity index (χ1n) is 6.87. The number of aromatic nitrogens is 2. The average molecular weight is 323 g/mol. The molecule has 0 amide bonds. The predicted octanol–water partition coefficient (Wildman–Crippen LogP) is 3.94. The van der Waals surface area contributed by atoms with Crippen molar-refractivity contribution in [3.05, 3.63) is 53.5 Å². The Kier molecular flexibility index (Phi) is 4.58. The molecule has 0 spiro atoms. The Bertz CT molecular complexity index is 760. The normalized spacial score (nSPS) is 12.3. The van der Waals surface area contributed by atoms with Gasteiger partial charge >= 0.3 is 6.18 Å². The van der Waals surface area contributed by atoms with Gasteiger partial charge < -0.3 is 5.32 Å². The fourth-order valence-corrected chi connectivity index (χ4v) is 2.16. The molecule has 0 unspecified atom stereocenters. The summed E-state index contributed by atoms with van der Waals surface area (Å²) in [4.78, 5) is 11.0. The van der Waals surface area contributed by atoms with E-state index in [1.807, 2.05) is 19.9 Å². The van der Waals surface area contributed by atoms with Crippen LogP contribution < -0.4 is 5.32 Å². The van der Waals surface area contributed by atoms with Gasteiger partial charge in [0.1, 0.15) is 0 Å². The smallest absolute Gasteiger partial charge is 0.357 e. The number of alkyl halides is 3. The fraction of sp³-hybridized carbons (Fsp3) is 0.250. The Morgan fingerprint density at radius 1 is 1.26 bits per heavy atom. The zero-order chi connectivity index (χ0) is 17.2. The number of nitrogens with zero attached hydrogens (tertiary/aromatic N) is 2. The van der Waals surface area contributed by atoms with E-state index in [2.05, 4.69) is 10.4 Å². The number of carbonyl (C=O) groups is 1. The maximum absolute atomic E-state index is 12.3. The van der Waals surface area contributed by atoms with Crippen LogP contribution in [0.25, 0.3) is 5.69 Å². The van der Waals surface area contributed by atoms with Crippen molar-refractivity contribution in [3.63, 3.8) is 0 Å². The summed E-state index contributed by atoms with van der Waals surface area (Å²) in [5, 5.41) is 7.19. The van der Waals surface area contributed by atoms with Crippen molar-refractivity contribution < 1.29 is 18.0 Å². The number of allylic oxidation sites excluding steroid dienone is 2. The first-order chi connectivity index (χ1) is 10.7. The van der Waals surface area contributed by atoms with Crippen LogP contribution in [0.1, 0.15) is 18.3 Å². The van der Waals surface area contributed by atoms with E-state index in [1.165, 1.54) is 6.92 Å². The van der Waals surface area contributed by atoms with Gasteiger partial charge in [-0.2, -0.15) is 18.3 Å². The highest BCUT2D eigenvalue weighted by Crippen LogP contribution is 2.23. The van der Waals surface area contributed by atoms with Crippen molar-refractivity contribution in [2.45, 2.75) is 26.9 Å². The van der Waals surface area contributed by atoms with Crippen LogP contribution in [-0.4, -0.2) is 21.7 Å². The molecule has 7 heteroatoms. The highest BCUT2D eigenvalue weighted by atomic mass is 19.4. The Labute approximate surface area is 131 Å². The standard InChI is InChI=1S/C16H16F3N3O/c1-10(9-15(23)16(17,18)19)20-13-6-4-5-7-14(13)22-12(3)8-11(2)21-22/h4-9,20H,1-3H3/b10-9+. The van der Waals surface area contributed by atoms with Gasteiger partial charge in [0.05, 0.1) is 17.1 Å². The zero-order valence-corrected chi connectivity index (χ0v) is 12.9. The molecule has 0 saturated carbocycles. The molecule has 1 heterocycles. The van der Waals surface area contributed by atoms with E-state index >= 15 is 0 Å². The van der Waals surface area contributed by atoms with E-state index in [0.29, 0.717) is 17.5 Å². The summed E-state index contributed by atoms with van der Waals surface area (Å²) < 4.78 is 38.6. The van der Waals surface area contributed by atoms with E-state index in [0.717, 1.165) is 11.4 Å². The minimum atomic E-state index is -4.88. The maximum Gasteiger partial charge on any atom is 0.454 e. The Morgan fingerprint density at radius 2 is 1.91 bits per heavy atom. The van der Waals surface area contributed by atoms with Gasteiger partial charge in [0, 0.05) is 17.5 Å². The minimum Gasteiger partial charge on any atom is -0.357 e. The first-order valence-corrected chi connectivity index (χ1v) is 6.87. The second kappa shape index (κ2) is 6.28. The third kappa shape index (κ3) is 4.00. The van der Waals surface area contributed by atoms with Crippen molar-refractivity contribution in [1.29, 1.82) is 0 Å². The van der Waals surface area contributed by atoms with Gasteiger partial charge in [-0.15, -0.1) is 0 Å². The molecular weight excluding hydrogens is 307 g/mol. The lowest BCUT2D eigenvalue weighted by Crippen LogP contribution is -2.21. The maximum atomic E-state index is 12.3. The molecular formula is C16H16F3N3O. The second-order valence-electron chi connectivity index (χ2n) is 5.17. The largest absolute Gasteiger partial charge is 0.454 e. The van der Waals surface area contributed by atoms with Gasteiger partial charge in [0.2, 0.25) is 0 Å². The number of nitrogens with one attached hydrogen (secondary N) is 1. The molecule has 0 aliphatic rings. The lowest BCUT2D eigenvalue weighted by Gasteiger charge is -2.13. The van der Waals surface area contributed by atoms with Crippen molar-refractivity contribution in [3.8, 4) is 5.69 Å². The van der Waals surface area contributed by atoms with Crippen LogP contribution in [-0.2, 0) is 4.79 Å². The highest BCUT2D eigenvalue weighted by Gasteiger charge is 2.36. The lowest BCUT2D eigenvalue weighted by atomic mass is 10.2. The minimum absolute atomic E-state index is 0.0984. The fourth-order valence-electron chi connectivity index (χ4n) is 2.16. The number of benzene rings is 1. The van der Waals surface area contributed by atoms with Crippen LogP contribution in [0.3, 0.4) is 0 Å². The van der Waals surface area contributed by atoms with Gasteiger partial charge in [0.15, 0.2) is 0 Å². The Morgan fingerprint density at radius 3 is 2.48 bits per heavy atom. The molecule has 0 bridgehead atoms. The van der Waals surface area contributed by atoms with Crippen molar-refractivity contribution >= 4 is 11.5 Å². The van der Waals surface area contributed by atoms with Crippen molar-refractivity contribution in [2.24, 2.45) is 0 Å². The van der Waals surface area contributed by atoms with E-state index in [9.17, 15) is 18.0 Å². The number of hydrogen-bond donors (Lipinski definition) is 1. The van der Waals surface area contributed by atoms with E-state index in [-0.39, 0.29) is 5.70 Å². The Balaban J connectivity index is 2.33. The third-order valence-corrected chi connectivity index (χ3v) is 3.10. The number of carbonyl (C=O) groups excluding carboxylic acids is 1. The average Bonchev–Trinajstić information content (AvgIpc) is 2.77. The van der Waals surface area contributed by atoms with Crippen molar-refractivity contribution in [1.82, 2.24) is 9.78 Å². The molecule has 0 saturated heterocycles. The van der Waals surface area contributed by atoms with Crippen LogP contribution in [0.15, 0.2) is 42.1 Å². The Hall–Kier alpha value is -2.57. The molecule has 122 valence electrons. The summed E-state index contributed by atoms with van der Waals surface area (Å²) in [6, 6.07) is 8.95. The first kappa shape index (κ1) is 16.8. The molecule has 1 aromatic heterocycles. The van der Waals surface area contributed by atoms with Crippen LogP contribution in [0, 0.1) is 13.8 Å². The summed E-state index contributed by atoms with van der Waals surface area (Å²) in [5.41, 5.74) is 3.07. The van der Waals surface area contributed by atoms with Crippen LogP contribution in [0.4, 0.5) is 18.9 Å². The number of para-hydroxylation sites is 2. The SMILES string of the molecule is C/C(=C\C(=O)C(F)(F)F)Nc1ccccc1-n1nc(C)cc1C. The van der Waals surface area contributed by atoms with E-state index in [4.69, 9.17) is 0 Å². The molecule has 2 rings (SSSR count). The second-order valence-corrected chi connectivity index (χ2v) is 5.17. The summed E-state index contributed by atoms with van der Waals surface area (Å²) in [6.45, 7) is 5.14. The highest BCUT2D eigenvalue weighted by molar-refractivity contribution is 5.95. The summed E-state index contributed by atoms with van der Waals surface area (Å²) in [5.74, 6) is -1.90. The van der Waals surface area contributed by atoms with Crippen molar-refractivity contribution in [2.75, 3.05) is 5.32 Å². The predicted molar refractivity (Wildman–Crippen MR) is 81.5 cm³/mol. The van der Waals surface area contributed by atoms with Gasteiger partial charge in [-0.25, -0.2) is 4.68 Å². The lowest BCUT2D eigenvalue weighted by molar-refractivity contribution is -0.165. The molecule has 2 aromatic rings. The van der Waals surface area contributed by atoms with Gasteiger partial charge in [-0.1, -0.05) is 12.1 Å². The molecule has 0 aliphatic carbocycles. The van der Waals surface area contributed by atoms with Crippen LogP contribution >= 0.6 is 0 Å². The summed E-state index contributed by atoms with van der Waals surface area (Å²) >= 11 is 0. The molecule has 0 fully saturated rings. The number of ketones is 1.